The van der Waals surface area contributed by atoms with Crippen LogP contribution < -0.4 is 0 Å². The maximum Gasteiger partial charge on any atom is -0.0443 e. The summed E-state index contributed by atoms with van der Waals surface area (Å²) in [5.74, 6) is 1.90. The van der Waals surface area contributed by atoms with Gasteiger partial charge in [0.1, 0.15) is 0 Å². The molecule has 0 heterocycles. The van der Waals surface area contributed by atoms with Crippen molar-refractivity contribution < 1.29 is 0 Å². The summed E-state index contributed by atoms with van der Waals surface area (Å²) in [5.41, 5.74) is 0. The molecule has 115 valence electrons. The van der Waals surface area contributed by atoms with Crippen molar-refractivity contribution in [3.05, 3.63) is 6.92 Å². The third-order valence-corrected chi connectivity index (χ3v) is 4.39. The van der Waals surface area contributed by atoms with E-state index in [2.05, 4.69) is 27.7 Å². The predicted molar refractivity (Wildman–Crippen MR) is 89.4 cm³/mol. The Hall–Kier alpha value is 0. The van der Waals surface area contributed by atoms with Crippen molar-refractivity contribution in [3.8, 4) is 0 Å². The Balaban J connectivity index is 3.30. The molecule has 0 aliphatic carbocycles. The van der Waals surface area contributed by atoms with Crippen molar-refractivity contribution in [2.75, 3.05) is 0 Å². The van der Waals surface area contributed by atoms with Gasteiger partial charge in [0.15, 0.2) is 0 Å². The molecule has 0 fully saturated rings. The van der Waals surface area contributed by atoms with E-state index in [1.54, 1.807) is 0 Å². The van der Waals surface area contributed by atoms with Crippen molar-refractivity contribution in [1.82, 2.24) is 0 Å². The second-order valence-corrected chi connectivity index (χ2v) is 6.69. The average Bonchev–Trinajstić information content (AvgIpc) is 2.40. The van der Waals surface area contributed by atoms with Crippen LogP contribution in [0.2, 0.25) is 0 Å². The standard InChI is InChI=1S/C19H39/c1-5-7-9-11-14-18(3)16-13-17-19(4)15-12-10-8-6-2/h18-19H,1,5-17H2,2-4H3. The van der Waals surface area contributed by atoms with Crippen LogP contribution in [0.1, 0.15) is 104 Å². The summed E-state index contributed by atoms with van der Waals surface area (Å²) in [5, 5.41) is 0. The van der Waals surface area contributed by atoms with E-state index in [4.69, 9.17) is 0 Å². The summed E-state index contributed by atoms with van der Waals surface area (Å²) in [6, 6.07) is 0. The minimum absolute atomic E-state index is 0.942. The van der Waals surface area contributed by atoms with Gasteiger partial charge in [-0.05, 0) is 11.8 Å². The molecule has 0 spiro atoms. The predicted octanol–water partition coefficient (Wildman–Crippen LogP) is 7.18. The molecular formula is C19H39. The summed E-state index contributed by atoms with van der Waals surface area (Å²) in [6.07, 6.45) is 18.2. The summed E-state index contributed by atoms with van der Waals surface area (Å²) in [4.78, 5) is 0. The summed E-state index contributed by atoms with van der Waals surface area (Å²) in [7, 11) is 0. The Morgan fingerprint density at radius 1 is 0.632 bits per heavy atom. The van der Waals surface area contributed by atoms with Crippen LogP contribution in [-0.4, -0.2) is 0 Å². The van der Waals surface area contributed by atoms with Crippen LogP contribution in [0.5, 0.6) is 0 Å². The molecule has 0 N–H and O–H groups in total. The molecule has 0 heteroatoms. The highest BCUT2D eigenvalue weighted by Crippen LogP contribution is 2.21. The van der Waals surface area contributed by atoms with Crippen molar-refractivity contribution in [2.24, 2.45) is 11.8 Å². The van der Waals surface area contributed by atoms with Gasteiger partial charge < -0.3 is 0 Å². The average molecular weight is 268 g/mol. The molecular weight excluding hydrogens is 228 g/mol. The number of hydrogen-bond donors (Lipinski definition) is 0. The van der Waals surface area contributed by atoms with Gasteiger partial charge in [0, 0.05) is 0 Å². The Bertz CT molecular complexity index is 143. The number of unbranched alkanes of at least 4 members (excludes halogenated alkanes) is 6. The molecule has 2 atom stereocenters. The van der Waals surface area contributed by atoms with Gasteiger partial charge in [-0.25, -0.2) is 0 Å². The molecule has 0 aliphatic heterocycles. The van der Waals surface area contributed by atoms with Gasteiger partial charge >= 0.3 is 0 Å². The quantitative estimate of drug-likeness (QED) is 0.292. The van der Waals surface area contributed by atoms with Crippen LogP contribution in [0.15, 0.2) is 0 Å². The van der Waals surface area contributed by atoms with Gasteiger partial charge in [0.05, 0.1) is 0 Å². The zero-order valence-electron chi connectivity index (χ0n) is 14.1. The van der Waals surface area contributed by atoms with Crippen molar-refractivity contribution in [2.45, 2.75) is 104 Å². The number of hydrogen-bond acceptors (Lipinski definition) is 0. The zero-order chi connectivity index (χ0) is 14.3. The van der Waals surface area contributed by atoms with E-state index in [0.717, 1.165) is 18.3 Å². The van der Waals surface area contributed by atoms with E-state index < -0.39 is 0 Å². The fourth-order valence-corrected chi connectivity index (χ4v) is 2.87. The van der Waals surface area contributed by atoms with E-state index in [0.29, 0.717) is 0 Å². The summed E-state index contributed by atoms with van der Waals surface area (Å²) >= 11 is 0. The minimum Gasteiger partial charge on any atom is -0.0654 e. The van der Waals surface area contributed by atoms with E-state index in [1.165, 1.54) is 77.0 Å². The molecule has 0 aromatic heterocycles. The molecule has 2 unspecified atom stereocenters. The van der Waals surface area contributed by atoms with Gasteiger partial charge in [-0.3, -0.25) is 0 Å². The van der Waals surface area contributed by atoms with Crippen LogP contribution in [0.3, 0.4) is 0 Å². The fraction of sp³-hybridized carbons (Fsp3) is 0.947. The Morgan fingerprint density at radius 3 is 1.58 bits per heavy atom. The monoisotopic (exact) mass is 267 g/mol. The maximum atomic E-state index is 3.91. The van der Waals surface area contributed by atoms with Crippen LogP contribution in [0.4, 0.5) is 0 Å². The summed E-state index contributed by atoms with van der Waals surface area (Å²) in [6.45, 7) is 11.1. The maximum absolute atomic E-state index is 3.91. The molecule has 0 bridgehead atoms. The van der Waals surface area contributed by atoms with E-state index >= 15 is 0 Å². The van der Waals surface area contributed by atoms with E-state index in [-0.39, 0.29) is 0 Å². The van der Waals surface area contributed by atoms with Crippen LogP contribution in [0, 0.1) is 18.8 Å². The van der Waals surface area contributed by atoms with Gasteiger partial charge in [0.25, 0.3) is 0 Å². The lowest BCUT2D eigenvalue weighted by Crippen LogP contribution is -1.99. The highest BCUT2D eigenvalue weighted by atomic mass is 14.1. The first-order chi connectivity index (χ1) is 9.20. The molecule has 0 amide bonds. The third-order valence-electron chi connectivity index (χ3n) is 4.39. The first-order valence-corrected chi connectivity index (χ1v) is 8.99. The lowest BCUT2D eigenvalue weighted by atomic mass is 9.92. The molecule has 0 saturated carbocycles. The minimum atomic E-state index is 0.942. The lowest BCUT2D eigenvalue weighted by molar-refractivity contribution is 0.392. The van der Waals surface area contributed by atoms with Crippen LogP contribution in [0.25, 0.3) is 0 Å². The molecule has 1 radical (unpaired) electrons. The largest absolute Gasteiger partial charge is 0.0654 e. The number of rotatable bonds is 14. The lowest BCUT2D eigenvalue weighted by Gasteiger charge is -2.14. The molecule has 0 aromatic rings. The zero-order valence-corrected chi connectivity index (χ0v) is 14.1. The second kappa shape index (κ2) is 14.4. The highest BCUT2D eigenvalue weighted by Gasteiger charge is 2.05. The second-order valence-electron chi connectivity index (χ2n) is 6.69. The first-order valence-electron chi connectivity index (χ1n) is 8.99. The van der Waals surface area contributed by atoms with E-state index in [1.807, 2.05) is 0 Å². The van der Waals surface area contributed by atoms with Crippen molar-refractivity contribution in [1.29, 1.82) is 0 Å². The first kappa shape index (κ1) is 19.0. The van der Waals surface area contributed by atoms with Gasteiger partial charge in [-0.15, -0.1) is 0 Å². The molecule has 19 heavy (non-hydrogen) atoms. The van der Waals surface area contributed by atoms with E-state index in [9.17, 15) is 0 Å². The van der Waals surface area contributed by atoms with Crippen LogP contribution >= 0.6 is 0 Å². The molecule has 0 nitrogen and oxygen atoms in total. The normalized spacial score (nSPS) is 14.5. The van der Waals surface area contributed by atoms with Gasteiger partial charge in [0.2, 0.25) is 0 Å². The smallest absolute Gasteiger partial charge is 0.0443 e. The van der Waals surface area contributed by atoms with Gasteiger partial charge in [-0.1, -0.05) is 111 Å². The van der Waals surface area contributed by atoms with Crippen molar-refractivity contribution >= 4 is 0 Å². The Kier molecular flexibility index (Phi) is 14.4. The van der Waals surface area contributed by atoms with Crippen LogP contribution in [-0.2, 0) is 0 Å². The van der Waals surface area contributed by atoms with Gasteiger partial charge in [-0.2, -0.15) is 0 Å². The highest BCUT2D eigenvalue weighted by molar-refractivity contribution is 4.59. The third kappa shape index (κ3) is 14.2. The topological polar surface area (TPSA) is 0 Å². The fourth-order valence-electron chi connectivity index (χ4n) is 2.87. The summed E-state index contributed by atoms with van der Waals surface area (Å²) < 4.78 is 0. The Morgan fingerprint density at radius 2 is 1.11 bits per heavy atom. The molecule has 0 aromatic carbocycles. The van der Waals surface area contributed by atoms with Crippen molar-refractivity contribution in [3.63, 3.8) is 0 Å². The SMILES string of the molecule is [CH2]CCCCCC(C)CCCC(C)CCCCCC. The Labute approximate surface area is 123 Å². The molecule has 0 rings (SSSR count). The molecule has 0 aliphatic rings. The molecule has 0 saturated heterocycles.